The quantitative estimate of drug-likeness (QED) is 0.111. The lowest BCUT2D eigenvalue weighted by Crippen LogP contribution is -2.09. The molecule has 16 aromatic carbocycles. The predicted molar refractivity (Wildman–Crippen MR) is 409 cm³/mol. The van der Waals surface area contributed by atoms with Crippen molar-refractivity contribution in [2.45, 2.75) is 6.42 Å². The van der Waals surface area contributed by atoms with Gasteiger partial charge in [0.15, 0.2) is 0 Å². The highest BCUT2D eigenvalue weighted by molar-refractivity contribution is 9.10. The van der Waals surface area contributed by atoms with Crippen LogP contribution >= 0.6 is 15.9 Å². The van der Waals surface area contributed by atoms with E-state index in [-0.39, 0.29) is 0 Å². The van der Waals surface area contributed by atoms with Crippen molar-refractivity contribution in [3.63, 3.8) is 0 Å². The SMILES string of the molecule is Brc1ccc(-c2cc(-c3ccccc3)cc3ccccc23)cc1.c1ccc(-c2ccc(Cc3ccc(-c4ccccc4)cc3)cc2)cc1.c1ccc(-c2ccc(N(c3ccc(-c4ccccc4)cc3)c3ccc(-c4cc(-c5ccccc5)cc5ccccc45)cc3)cc2)cc1. The fraction of sp³-hybridized carbons (Fsp3) is 0.0108. The van der Waals surface area contributed by atoms with Crippen LogP contribution in [-0.4, -0.2) is 0 Å². The van der Waals surface area contributed by atoms with Gasteiger partial charge in [0, 0.05) is 21.5 Å². The second kappa shape index (κ2) is 29.3. The fourth-order valence-corrected chi connectivity index (χ4v) is 12.8. The summed E-state index contributed by atoms with van der Waals surface area (Å²) in [5, 5.41) is 5.05. The van der Waals surface area contributed by atoms with Crippen molar-refractivity contribution in [3.8, 4) is 89.0 Å². The molecule has 2 heteroatoms. The van der Waals surface area contributed by atoms with Crippen molar-refractivity contribution < 1.29 is 0 Å². The van der Waals surface area contributed by atoms with Crippen LogP contribution in [0.15, 0.2) is 405 Å². The Balaban J connectivity index is 0.000000136. The maximum Gasteiger partial charge on any atom is 0.0462 e. The summed E-state index contributed by atoms with van der Waals surface area (Å²) in [4.78, 5) is 2.34. The van der Waals surface area contributed by atoms with E-state index in [0.29, 0.717) is 0 Å². The first-order valence-electron chi connectivity index (χ1n) is 32.4. The smallest absolute Gasteiger partial charge is 0.0462 e. The van der Waals surface area contributed by atoms with Gasteiger partial charge in [0.1, 0.15) is 0 Å². The standard InChI is InChI=1S/C46H33N.C25H20.C22H15Br/c1-4-12-34(13-5-1)37-20-26-42(27-21-37)47(43-28-22-38(23-29-43)35-14-6-2-7-15-35)44-30-24-39(25-31-44)46-33-41(36-16-8-3-9-17-36)32-40-18-10-11-19-45(40)46;1-3-7-22(8-4-1)24-15-11-20(12-16-24)19-21-13-17-25(18-14-21)23-9-5-2-6-10-23;23-20-12-10-17(11-13-20)22-15-19(16-6-2-1-3-7-16)14-18-8-4-5-9-21(18)22/h1-33H;1-18H,19H2;1-15H. The van der Waals surface area contributed by atoms with Gasteiger partial charge in [-0.15, -0.1) is 0 Å². The zero-order chi connectivity index (χ0) is 64.0. The molecule has 16 aromatic rings. The molecule has 0 amide bonds. The average molecular weight is 1280 g/mol. The van der Waals surface area contributed by atoms with Crippen molar-refractivity contribution in [2.75, 3.05) is 4.90 Å². The largest absolute Gasteiger partial charge is 0.311 e. The highest BCUT2D eigenvalue weighted by Gasteiger charge is 2.16. The number of benzene rings is 16. The van der Waals surface area contributed by atoms with Gasteiger partial charge in [0.25, 0.3) is 0 Å². The number of anilines is 3. The molecule has 0 aromatic heterocycles. The molecule has 0 saturated heterocycles. The van der Waals surface area contributed by atoms with Crippen molar-refractivity contribution in [3.05, 3.63) is 416 Å². The molecule has 16 rings (SSSR count). The molecule has 0 aliphatic rings. The van der Waals surface area contributed by atoms with Gasteiger partial charge in [-0.2, -0.15) is 0 Å². The maximum absolute atomic E-state index is 3.52. The lowest BCUT2D eigenvalue weighted by molar-refractivity contribution is 1.19. The summed E-state index contributed by atoms with van der Waals surface area (Å²) in [6.45, 7) is 0. The minimum Gasteiger partial charge on any atom is -0.311 e. The third-order valence-corrected chi connectivity index (χ3v) is 18.1. The third kappa shape index (κ3) is 14.7. The average Bonchev–Trinajstić information content (AvgIpc) is 0.819. The summed E-state index contributed by atoms with van der Waals surface area (Å²) in [5.41, 5.74) is 25.8. The first-order valence-corrected chi connectivity index (χ1v) is 33.2. The zero-order valence-electron chi connectivity index (χ0n) is 52.6. The predicted octanol–water partition coefficient (Wildman–Crippen LogP) is 26.5. The van der Waals surface area contributed by atoms with Gasteiger partial charge in [-0.05, 0) is 201 Å². The number of nitrogens with zero attached hydrogens (tertiary/aromatic N) is 1. The van der Waals surface area contributed by atoms with Crippen molar-refractivity contribution >= 4 is 54.5 Å². The summed E-state index contributed by atoms with van der Waals surface area (Å²) in [6.07, 6.45) is 0.962. The highest BCUT2D eigenvalue weighted by Crippen LogP contribution is 2.41. The number of fused-ring (bicyclic) bond motifs is 2. The van der Waals surface area contributed by atoms with E-state index in [1.807, 2.05) is 0 Å². The Morgan fingerprint density at radius 2 is 0.421 bits per heavy atom. The number of rotatable bonds is 13. The molecule has 0 aliphatic heterocycles. The van der Waals surface area contributed by atoms with Crippen LogP contribution in [0.3, 0.4) is 0 Å². The first kappa shape index (κ1) is 60.9. The Hall–Kier alpha value is -11.7. The van der Waals surface area contributed by atoms with Crippen molar-refractivity contribution in [2.24, 2.45) is 0 Å². The van der Waals surface area contributed by atoms with Crippen LogP contribution in [0.1, 0.15) is 11.1 Å². The molecule has 1 nitrogen and oxygen atoms in total. The minimum atomic E-state index is 0.962. The molecular formula is C93H68BrN. The Morgan fingerprint density at radius 3 is 0.726 bits per heavy atom. The Kier molecular flexibility index (Phi) is 18.8. The maximum atomic E-state index is 3.52. The first-order chi connectivity index (χ1) is 47.0. The van der Waals surface area contributed by atoms with Gasteiger partial charge in [0.05, 0.1) is 0 Å². The molecular weight excluding hydrogens is 1210 g/mol. The molecule has 0 bridgehead atoms. The molecule has 95 heavy (non-hydrogen) atoms. The van der Waals surface area contributed by atoms with Crippen LogP contribution in [0.4, 0.5) is 17.1 Å². The monoisotopic (exact) mass is 1280 g/mol. The zero-order valence-corrected chi connectivity index (χ0v) is 54.2. The van der Waals surface area contributed by atoms with E-state index in [1.165, 1.54) is 122 Å². The summed E-state index contributed by atoms with van der Waals surface area (Å²) in [5.74, 6) is 0. The summed E-state index contributed by atoms with van der Waals surface area (Å²) in [6, 6.07) is 143. The molecule has 0 aliphatic carbocycles. The van der Waals surface area contributed by atoms with Gasteiger partial charge in [-0.25, -0.2) is 0 Å². The second-order valence-corrected chi connectivity index (χ2v) is 24.7. The van der Waals surface area contributed by atoms with Crippen molar-refractivity contribution in [1.82, 2.24) is 0 Å². The van der Waals surface area contributed by atoms with Crippen LogP contribution in [0.25, 0.3) is 111 Å². The number of hydrogen-bond donors (Lipinski definition) is 0. The lowest BCUT2D eigenvalue weighted by atomic mass is 9.93. The highest BCUT2D eigenvalue weighted by atomic mass is 79.9. The van der Waals surface area contributed by atoms with E-state index in [9.17, 15) is 0 Å². The number of hydrogen-bond acceptors (Lipinski definition) is 1. The van der Waals surface area contributed by atoms with E-state index < -0.39 is 0 Å². The third-order valence-electron chi connectivity index (χ3n) is 17.5. The van der Waals surface area contributed by atoms with Crippen molar-refractivity contribution in [1.29, 1.82) is 0 Å². The van der Waals surface area contributed by atoms with E-state index in [1.54, 1.807) is 0 Å². The van der Waals surface area contributed by atoms with E-state index in [0.717, 1.165) is 28.0 Å². The normalized spacial score (nSPS) is 10.8. The minimum absolute atomic E-state index is 0.962. The molecule has 0 spiro atoms. The van der Waals surface area contributed by atoms with Gasteiger partial charge in [-0.3, -0.25) is 0 Å². The molecule has 0 N–H and O–H groups in total. The molecule has 0 fully saturated rings. The fourth-order valence-electron chi connectivity index (χ4n) is 12.6. The Morgan fingerprint density at radius 1 is 0.189 bits per heavy atom. The van der Waals surface area contributed by atoms with E-state index >= 15 is 0 Å². The summed E-state index contributed by atoms with van der Waals surface area (Å²) < 4.78 is 1.10. The molecule has 0 radical (unpaired) electrons. The topological polar surface area (TPSA) is 3.24 Å². The van der Waals surface area contributed by atoms with Crippen LogP contribution in [0.2, 0.25) is 0 Å². The molecule has 0 heterocycles. The van der Waals surface area contributed by atoms with Crippen LogP contribution in [0.5, 0.6) is 0 Å². The van der Waals surface area contributed by atoms with Gasteiger partial charge < -0.3 is 4.90 Å². The van der Waals surface area contributed by atoms with Gasteiger partial charge in [-0.1, -0.05) is 344 Å². The van der Waals surface area contributed by atoms with E-state index in [2.05, 4.69) is 421 Å². The number of halogens is 1. The Bertz CT molecular complexity index is 4940. The van der Waals surface area contributed by atoms with Gasteiger partial charge >= 0.3 is 0 Å². The second-order valence-electron chi connectivity index (χ2n) is 23.7. The van der Waals surface area contributed by atoms with Crippen LogP contribution in [-0.2, 0) is 6.42 Å². The molecule has 0 saturated carbocycles. The molecule has 452 valence electrons. The molecule has 0 unspecified atom stereocenters. The van der Waals surface area contributed by atoms with E-state index in [4.69, 9.17) is 0 Å². The van der Waals surface area contributed by atoms with Crippen LogP contribution in [0, 0.1) is 0 Å². The molecule has 0 atom stereocenters. The van der Waals surface area contributed by atoms with Crippen LogP contribution < -0.4 is 4.90 Å². The lowest BCUT2D eigenvalue weighted by Gasteiger charge is -2.26. The summed E-state index contributed by atoms with van der Waals surface area (Å²) in [7, 11) is 0. The Labute approximate surface area is 567 Å². The van der Waals surface area contributed by atoms with Gasteiger partial charge in [0.2, 0.25) is 0 Å². The summed E-state index contributed by atoms with van der Waals surface area (Å²) >= 11 is 3.52.